The lowest BCUT2D eigenvalue weighted by Crippen LogP contribution is -1.94. The number of epoxide rings is 2. The van der Waals surface area contributed by atoms with Crippen molar-refractivity contribution in [3.63, 3.8) is 0 Å². The molecule has 0 aromatic carbocycles. The SMILES string of the molecule is C=CC=CC1OC1CCC1CO1. The fraction of sp³-hybridized carbons (Fsp3) is 0.600. The van der Waals surface area contributed by atoms with Crippen LogP contribution in [0.25, 0.3) is 0 Å². The fourth-order valence-electron chi connectivity index (χ4n) is 1.33. The summed E-state index contributed by atoms with van der Waals surface area (Å²) in [5.41, 5.74) is 0. The van der Waals surface area contributed by atoms with Gasteiger partial charge in [-0.2, -0.15) is 0 Å². The Hall–Kier alpha value is -0.600. The summed E-state index contributed by atoms with van der Waals surface area (Å²) in [4.78, 5) is 0. The molecule has 2 heteroatoms. The van der Waals surface area contributed by atoms with Gasteiger partial charge in [-0.05, 0) is 12.8 Å². The zero-order chi connectivity index (χ0) is 8.39. The van der Waals surface area contributed by atoms with Crippen molar-refractivity contribution >= 4 is 0 Å². The van der Waals surface area contributed by atoms with Gasteiger partial charge < -0.3 is 9.47 Å². The summed E-state index contributed by atoms with van der Waals surface area (Å²) in [6, 6.07) is 0. The van der Waals surface area contributed by atoms with E-state index in [1.54, 1.807) is 6.08 Å². The highest BCUT2D eigenvalue weighted by Crippen LogP contribution is 2.30. The monoisotopic (exact) mass is 166 g/mol. The number of ether oxygens (including phenoxy) is 2. The Morgan fingerprint density at radius 1 is 1.42 bits per heavy atom. The highest BCUT2D eigenvalue weighted by atomic mass is 16.6. The quantitative estimate of drug-likeness (QED) is 0.458. The van der Waals surface area contributed by atoms with Crippen molar-refractivity contribution in [3.8, 4) is 0 Å². The molecular weight excluding hydrogens is 152 g/mol. The van der Waals surface area contributed by atoms with E-state index in [0.717, 1.165) is 19.4 Å². The van der Waals surface area contributed by atoms with Crippen molar-refractivity contribution in [1.29, 1.82) is 0 Å². The minimum atomic E-state index is 0.349. The molecule has 0 N–H and O–H groups in total. The predicted molar refractivity (Wildman–Crippen MR) is 47.0 cm³/mol. The van der Waals surface area contributed by atoms with Gasteiger partial charge in [0, 0.05) is 0 Å². The third-order valence-electron chi connectivity index (χ3n) is 2.23. The summed E-state index contributed by atoms with van der Waals surface area (Å²) in [7, 11) is 0. The maximum absolute atomic E-state index is 5.41. The van der Waals surface area contributed by atoms with Crippen LogP contribution in [0.5, 0.6) is 0 Å². The van der Waals surface area contributed by atoms with Crippen LogP contribution in [0.3, 0.4) is 0 Å². The van der Waals surface area contributed by atoms with Gasteiger partial charge in [-0.1, -0.05) is 24.8 Å². The molecule has 0 amide bonds. The summed E-state index contributed by atoms with van der Waals surface area (Å²) in [5, 5.41) is 0. The molecule has 2 aliphatic heterocycles. The van der Waals surface area contributed by atoms with Gasteiger partial charge in [-0.3, -0.25) is 0 Å². The topological polar surface area (TPSA) is 25.1 Å². The highest BCUT2D eigenvalue weighted by Gasteiger charge is 2.37. The first-order valence-electron chi connectivity index (χ1n) is 4.46. The van der Waals surface area contributed by atoms with Gasteiger partial charge in [-0.15, -0.1) is 0 Å². The number of rotatable bonds is 5. The molecule has 2 saturated heterocycles. The van der Waals surface area contributed by atoms with Crippen molar-refractivity contribution in [2.45, 2.75) is 31.2 Å². The van der Waals surface area contributed by atoms with Crippen LogP contribution >= 0.6 is 0 Å². The first kappa shape index (κ1) is 8.02. The van der Waals surface area contributed by atoms with E-state index in [4.69, 9.17) is 9.47 Å². The van der Waals surface area contributed by atoms with Gasteiger partial charge >= 0.3 is 0 Å². The van der Waals surface area contributed by atoms with Gasteiger partial charge in [-0.25, -0.2) is 0 Å². The summed E-state index contributed by atoms with van der Waals surface area (Å²) < 4.78 is 10.5. The van der Waals surface area contributed by atoms with E-state index in [-0.39, 0.29) is 0 Å². The van der Waals surface area contributed by atoms with E-state index in [1.165, 1.54) is 0 Å². The van der Waals surface area contributed by atoms with Crippen molar-refractivity contribution in [2.75, 3.05) is 6.61 Å². The zero-order valence-electron chi connectivity index (χ0n) is 7.11. The largest absolute Gasteiger partial charge is 0.373 e. The molecule has 0 aliphatic carbocycles. The minimum absolute atomic E-state index is 0.349. The van der Waals surface area contributed by atoms with E-state index in [0.29, 0.717) is 18.3 Å². The Kier molecular flexibility index (Phi) is 2.28. The molecule has 2 fully saturated rings. The Labute approximate surface area is 72.9 Å². The van der Waals surface area contributed by atoms with Crippen molar-refractivity contribution in [2.24, 2.45) is 0 Å². The van der Waals surface area contributed by atoms with E-state index < -0.39 is 0 Å². The molecule has 2 rings (SSSR count). The van der Waals surface area contributed by atoms with Gasteiger partial charge in [0.15, 0.2) is 0 Å². The highest BCUT2D eigenvalue weighted by molar-refractivity contribution is 5.08. The predicted octanol–water partition coefficient (Wildman–Crippen LogP) is 1.68. The van der Waals surface area contributed by atoms with Crippen molar-refractivity contribution < 1.29 is 9.47 Å². The molecular formula is C10H14O2. The molecule has 12 heavy (non-hydrogen) atoms. The normalized spacial score (nSPS) is 38.5. The molecule has 66 valence electrons. The lowest BCUT2D eigenvalue weighted by atomic mass is 10.1. The van der Waals surface area contributed by atoms with Gasteiger partial charge in [0.1, 0.15) is 6.10 Å². The van der Waals surface area contributed by atoms with Crippen LogP contribution in [-0.2, 0) is 9.47 Å². The van der Waals surface area contributed by atoms with E-state index in [9.17, 15) is 0 Å². The molecule has 2 heterocycles. The van der Waals surface area contributed by atoms with E-state index >= 15 is 0 Å². The minimum Gasteiger partial charge on any atom is -0.373 e. The third kappa shape index (κ3) is 2.19. The number of allylic oxidation sites excluding steroid dienone is 2. The molecule has 0 spiro atoms. The average Bonchev–Trinajstić information content (AvgIpc) is 2.94. The first-order valence-corrected chi connectivity index (χ1v) is 4.46. The molecule has 2 aliphatic rings. The number of hydrogen-bond acceptors (Lipinski definition) is 2. The van der Waals surface area contributed by atoms with Crippen molar-refractivity contribution in [1.82, 2.24) is 0 Å². The second kappa shape index (κ2) is 3.42. The molecule has 0 bridgehead atoms. The number of hydrogen-bond donors (Lipinski definition) is 0. The molecule has 3 atom stereocenters. The van der Waals surface area contributed by atoms with Crippen LogP contribution in [0.4, 0.5) is 0 Å². The molecule has 0 radical (unpaired) electrons. The molecule has 0 aromatic rings. The van der Waals surface area contributed by atoms with Gasteiger partial charge in [0.05, 0.1) is 18.8 Å². The Bertz CT molecular complexity index is 194. The standard InChI is InChI=1S/C10H14O2/c1-2-3-4-9-10(12-9)6-5-8-7-11-8/h2-4,8-10H,1,5-7H2. The summed E-state index contributed by atoms with van der Waals surface area (Å²) in [6.07, 6.45) is 9.41. The van der Waals surface area contributed by atoms with Crippen LogP contribution in [0, 0.1) is 0 Å². The van der Waals surface area contributed by atoms with E-state index in [2.05, 4.69) is 12.7 Å². The van der Waals surface area contributed by atoms with Crippen LogP contribution < -0.4 is 0 Å². The van der Waals surface area contributed by atoms with E-state index in [1.807, 2.05) is 6.08 Å². The molecule has 0 aromatic heterocycles. The fourth-order valence-corrected chi connectivity index (χ4v) is 1.33. The van der Waals surface area contributed by atoms with Crippen LogP contribution in [0.2, 0.25) is 0 Å². The first-order chi connectivity index (χ1) is 5.90. The molecule has 3 unspecified atom stereocenters. The molecule has 2 nitrogen and oxygen atoms in total. The average molecular weight is 166 g/mol. The maximum atomic E-state index is 5.41. The van der Waals surface area contributed by atoms with Crippen LogP contribution in [0.15, 0.2) is 24.8 Å². The summed E-state index contributed by atoms with van der Waals surface area (Å²) in [6.45, 7) is 4.57. The third-order valence-corrected chi connectivity index (χ3v) is 2.23. The Balaban J connectivity index is 1.59. The Morgan fingerprint density at radius 3 is 2.92 bits per heavy atom. The second-order valence-electron chi connectivity index (χ2n) is 3.29. The summed E-state index contributed by atoms with van der Waals surface area (Å²) >= 11 is 0. The summed E-state index contributed by atoms with van der Waals surface area (Å²) in [5.74, 6) is 0. The zero-order valence-corrected chi connectivity index (χ0v) is 7.11. The maximum Gasteiger partial charge on any atom is 0.103 e. The van der Waals surface area contributed by atoms with Crippen molar-refractivity contribution in [3.05, 3.63) is 24.8 Å². The van der Waals surface area contributed by atoms with Crippen LogP contribution in [0.1, 0.15) is 12.8 Å². The van der Waals surface area contributed by atoms with Crippen LogP contribution in [-0.4, -0.2) is 24.9 Å². The lowest BCUT2D eigenvalue weighted by Gasteiger charge is -1.88. The lowest BCUT2D eigenvalue weighted by molar-refractivity contribution is 0.349. The molecule has 0 saturated carbocycles. The van der Waals surface area contributed by atoms with Gasteiger partial charge in [0.2, 0.25) is 0 Å². The smallest absolute Gasteiger partial charge is 0.103 e. The second-order valence-corrected chi connectivity index (χ2v) is 3.29. The van der Waals surface area contributed by atoms with Gasteiger partial charge in [0.25, 0.3) is 0 Å². The Morgan fingerprint density at radius 2 is 2.25 bits per heavy atom.